The number of pyridine rings is 1. The van der Waals surface area contributed by atoms with E-state index >= 15 is 0 Å². The quantitative estimate of drug-likeness (QED) is 0.371. The number of hydrogen-bond acceptors (Lipinski definition) is 6. The van der Waals surface area contributed by atoms with Gasteiger partial charge in [0, 0.05) is 29.6 Å². The van der Waals surface area contributed by atoms with Crippen LogP contribution in [-0.4, -0.2) is 31.2 Å². The molecule has 0 amide bonds. The highest BCUT2D eigenvalue weighted by molar-refractivity contribution is 6.38. The number of nitrogens with two attached hydrogens (primary N) is 1. The van der Waals surface area contributed by atoms with Gasteiger partial charge >= 0.3 is 0 Å². The van der Waals surface area contributed by atoms with E-state index in [0.717, 1.165) is 59.0 Å². The number of nitrogens with one attached hydrogen (secondary N) is 1. The second-order valence-electron chi connectivity index (χ2n) is 8.11. The summed E-state index contributed by atoms with van der Waals surface area (Å²) in [5.74, 6) is 1.14. The summed E-state index contributed by atoms with van der Waals surface area (Å²) in [6.07, 6.45) is 6.62. The first kappa shape index (κ1) is 20.0. The van der Waals surface area contributed by atoms with Crippen molar-refractivity contribution in [3.63, 3.8) is 0 Å². The molecule has 1 unspecified atom stereocenters. The number of nitrogens with zero attached hydrogens (tertiary/aromatic N) is 5. The fourth-order valence-corrected chi connectivity index (χ4v) is 4.64. The van der Waals surface area contributed by atoms with Gasteiger partial charge in [-0.3, -0.25) is 0 Å². The van der Waals surface area contributed by atoms with Crippen molar-refractivity contribution >= 4 is 50.7 Å². The van der Waals surface area contributed by atoms with Gasteiger partial charge in [0.25, 0.3) is 0 Å². The average Bonchev–Trinajstić information content (AvgIpc) is 3.44. The minimum absolute atomic E-state index is 0.0430. The summed E-state index contributed by atoms with van der Waals surface area (Å²) in [6, 6.07) is 15.7. The van der Waals surface area contributed by atoms with Gasteiger partial charge in [-0.2, -0.15) is 5.10 Å². The number of nitrogen functional groups attached to an aromatic ring is 1. The van der Waals surface area contributed by atoms with Crippen LogP contribution in [0.1, 0.15) is 25.5 Å². The van der Waals surface area contributed by atoms with Crippen LogP contribution >= 0.6 is 11.6 Å². The number of ether oxygens (including phenoxy) is 1. The minimum Gasteiger partial charge on any atom is -0.384 e. The number of hydrogen-bond donors (Lipinski definition) is 2. The number of anilines is 3. The number of fused-ring (bicyclic) bond motifs is 2. The maximum atomic E-state index is 6.82. The number of halogens is 1. The highest BCUT2D eigenvalue weighted by Gasteiger charge is 2.21. The molecule has 1 aliphatic heterocycles. The molecule has 2 aromatic carbocycles. The van der Waals surface area contributed by atoms with E-state index in [1.807, 2.05) is 51.8 Å². The third kappa shape index (κ3) is 3.48. The molecule has 0 spiro atoms. The summed E-state index contributed by atoms with van der Waals surface area (Å²) in [5.41, 5.74) is 9.40. The zero-order valence-corrected chi connectivity index (χ0v) is 18.5. The molecule has 9 heteroatoms. The molecular weight excluding hydrogens is 438 g/mol. The molecule has 1 saturated heterocycles. The Morgan fingerprint density at radius 2 is 1.97 bits per heavy atom. The van der Waals surface area contributed by atoms with E-state index in [-0.39, 0.29) is 6.23 Å². The van der Waals surface area contributed by atoms with Crippen LogP contribution in [0.2, 0.25) is 5.02 Å². The van der Waals surface area contributed by atoms with Gasteiger partial charge in [-0.15, -0.1) is 5.10 Å². The van der Waals surface area contributed by atoms with Crippen molar-refractivity contribution in [3.8, 4) is 5.69 Å². The Balaban J connectivity index is 1.40. The average molecular weight is 460 g/mol. The smallest absolute Gasteiger partial charge is 0.160 e. The first-order chi connectivity index (χ1) is 16.2. The lowest BCUT2D eigenvalue weighted by atomic mass is 10.2. The van der Waals surface area contributed by atoms with Crippen LogP contribution in [0.4, 0.5) is 17.3 Å². The third-order valence-corrected chi connectivity index (χ3v) is 6.40. The van der Waals surface area contributed by atoms with Crippen LogP contribution in [0.15, 0.2) is 60.9 Å². The monoisotopic (exact) mass is 459 g/mol. The molecule has 1 fully saturated rings. The summed E-state index contributed by atoms with van der Waals surface area (Å²) in [4.78, 5) is 4.08. The van der Waals surface area contributed by atoms with E-state index in [1.54, 1.807) is 18.5 Å². The summed E-state index contributed by atoms with van der Waals surface area (Å²) >= 11 is 6.82. The molecule has 0 saturated carbocycles. The van der Waals surface area contributed by atoms with Crippen molar-refractivity contribution in [2.45, 2.75) is 25.5 Å². The van der Waals surface area contributed by atoms with Gasteiger partial charge in [-0.25, -0.2) is 14.3 Å². The lowest BCUT2D eigenvalue weighted by Gasteiger charge is -2.23. The predicted octanol–water partition coefficient (Wildman–Crippen LogP) is 5.45. The van der Waals surface area contributed by atoms with Crippen molar-refractivity contribution in [1.29, 1.82) is 0 Å². The lowest BCUT2D eigenvalue weighted by Crippen LogP contribution is -2.18. The van der Waals surface area contributed by atoms with E-state index in [0.29, 0.717) is 16.7 Å². The predicted molar refractivity (Wildman–Crippen MR) is 130 cm³/mol. The van der Waals surface area contributed by atoms with Crippen LogP contribution in [0.3, 0.4) is 0 Å². The Labute approximate surface area is 194 Å². The maximum absolute atomic E-state index is 6.82. The fraction of sp³-hybridized carbons (Fsp3) is 0.208. The zero-order chi connectivity index (χ0) is 22.4. The molecule has 33 heavy (non-hydrogen) atoms. The standard InChI is InChI=1S/C24H22ClN7O/c25-23-17-14-28-32(22-7-3-4-12-33-22)20(17)9-8-18(23)29-24-16-5-1-2-6-19(16)31(30-24)15-10-11-27-21(26)13-15/h1-2,5-6,8-11,13-14,22H,3-4,7,12H2,(H2,26,27)(H,29,30). The molecular formula is C24H22ClN7O. The van der Waals surface area contributed by atoms with Crippen LogP contribution in [0.5, 0.6) is 0 Å². The summed E-state index contributed by atoms with van der Waals surface area (Å²) in [6.45, 7) is 0.762. The van der Waals surface area contributed by atoms with Crippen LogP contribution in [-0.2, 0) is 4.74 Å². The van der Waals surface area contributed by atoms with Crippen molar-refractivity contribution in [3.05, 3.63) is 65.9 Å². The Morgan fingerprint density at radius 1 is 1.06 bits per heavy atom. The molecule has 0 bridgehead atoms. The number of aromatic nitrogens is 5. The second-order valence-corrected chi connectivity index (χ2v) is 8.49. The van der Waals surface area contributed by atoms with Crippen molar-refractivity contribution in [2.24, 2.45) is 0 Å². The van der Waals surface area contributed by atoms with Crippen molar-refractivity contribution in [2.75, 3.05) is 17.7 Å². The highest BCUT2D eigenvalue weighted by atomic mass is 35.5. The van der Waals surface area contributed by atoms with Crippen LogP contribution in [0, 0.1) is 0 Å². The molecule has 0 aliphatic carbocycles. The van der Waals surface area contributed by atoms with Crippen LogP contribution < -0.4 is 11.1 Å². The van der Waals surface area contributed by atoms with Crippen molar-refractivity contribution in [1.82, 2.24) is 24.5 Å². The number of para-hydroxylation sites is 1. The van der Waals surface area contributed by atoms with Gasteiger partial charge in [0.15, 0.2) is 12.0 Å². The third-order valence-electron chi connectivity index (χ3n) is 5.99. The second kappa shape index (κ2) is 8.06. The first-order valence-corrected chi connectivity index (χ1v) is 11.3. The van der Waals surface area contributed by atoms with E-state index in [2.05, 4.69) is 15.4 Å². The van der Waals surface area contributed by atoms with Gasteiger partial charge in [0.1, 0.15) is 5.82 Å². The molecule has 3 N–H and O–H groups in total. The highest BCUT2D eigenvalue weighted by Crippen LogP contribution is 2.36. The van der Waals surface area contributed by atoms with E-state index in [9.17, 15) is 0 Å². The zero-order valence-electron chi connectivity index (χ0n) is 17.8. The Hall–Kier alpha value is -3.62. The van der Waals surface area contributed by atoms with E-state index < -0.39 is 0 Å². The molecule has 6 rings (SSSR count). The fourth-order valence-electron chi connectivity index (χ4n) is 4.38. The Morgan fingerprint density at radius 3 is 2.82 bits per heavy atom. The largest absolute Gasteiger partial charge is 0.384 e. The number of rotatable bonds is 4. The van der Waals surface area contributed by atoms with Gasteiger partial charge in [-0.1, -0.05) is 23.7 Å². The van der Waals surface area contributed by atoms with Crippen molar-refractivity contribution < 1.29 is 4.74 Å². The Bertz CT molecular complexity index is 1470. The summed E-state index contributed by atoms with van der Waals surface area (Å²) in [5, 5.41) is 15.3. The Kier molecular flexibility index (Phi) is 4.89. The molecule has 0 radical (unpaired) electrons. The molecule has 8 nitrogen and oxygen atoms in total. The van der Waals surface area contributed by atoms with Gasteiger partial charge in [0.05, 0.1) is 33.6 Å². The molecule has 1 atom stereocenters. The first-order valence-electron chi connectivity index (χ1n) is 10.9. The molecule has 166 valence electrons. The minimum atomic E-state index is -0.0430. The molecule has 1 aliphatic rings. The lowest BCUT2D eigenvalue weighted by molar-refractivity contribution is -0.0366. The van der Waals surface area contributed by atoms with Gasteiger partial charge in [0.2, 0.25) is 0 Å². The SMILES string of the molecule is Nc1cc(-n2nc(Nc3ccc4c(cnn4C4CCCCO4)c3Cl)c3ccccc32)ccn1. The van der Waals surface area contributed by atoms with Gasteiger partial charge in [-0.05, 0) is 49.6 Å². The summed E-state index contributed by atoms with van der Waals surface area (Å²) < 4.78 is 9.69. The van der Waals surface area contributed by atoms with Crippen LogP contribution in [0.25, 0.3) is 27.5 Å². The topological polar surface area (TPSA) is 95.8 Å². The molecule has 3 aromatic heterocycles. The molecule has 5 aromatic rings. The summed E-state index contributed by atoms with van der Waals surface area (Å²) in [7, 11) is 0. The normalized spacial score (nSPS) is 16.5. The molecule has 4 heterocycles. The van der Waals surface area contributed by atoms with E-state index in [1.165, 1.54) is 0 Å². The van der Waals surface area contributed by atoms with Gasteiger partial charge < -0.3 is 15.8 Å². The number of benzene rings is 2. The van der Waals surface area contributed by atoms with E-state index in [4.69, 9.17) is 27.2 Å². The maximum Gasteiger partial charge on any atom is 0.160 e.